The molecule has 4 nitrogen and oxygen atoms in total. The van der Waals surface area contributed by atoms with Gasteiger partial charge in [0.05, 0.1) is 4.92 Å². The topological polar surface area (TPSA) is 60.2 Å². The van der Waals surface area contributed by atoms with Crippen molar-refractivity contribution in [1.29, 1.82) is 0 Å². The summed E-state index contributed by atoms with van der Waals surface area (Å²) in [6, 6.07) is 0. The predicted molar refractivity (Wildman–Crippen MR) is 54.4 cm³/mol. The summed E-state index contributed by atoms with van der Waals surface area (Å²) in [4.78, 5) is 20.8. The minimum atomic E-state index is -0.397. The Morgan fingerprint density at radius 3 is 2.36 bits per heavy atom. The summed E-state index contributed by atoms with van der Waals surface area (Å²) in [6.07, 6.45) is 2.81. The van der Waals surface area contributed by atoms with Crippen molar-refractivity contribution >= 4 is 5.78 Å². The smallest absolute Gasteiger partial charge is 0.242 e. The molecule has 0 radical (unpaired) electrons. The van der Waals surface area contributed by atoms with E-state index in [1.807, 2.05) is 13.8 Å². The molecular formula is C10H17NO3. The van der Waals surface area contributed by atoms with Crippen molar-refractivity contribution < 1.29 is 9.72 Å². The molecule has 0 heterocycles. The Labute approximate surface area is 84.1 Å². The molecule has 4 heteroatoms. The summed E-state index contributed by atoms with van der Waals surface area (Å²) >= 11 is 0. The standard InChI is InChI=1S/C10H17NO3/c1-8(2)4-6-10(11(13)14)7-5-9(3)12/h6,8H,4-5,7H2,1-3H3/b10-6-. The Morgan fingerprint density at radius 2 is 2.00 bits per heavy atom. The molecule has 14 heavy (non-hydrogen) atoms. The van der Waals surface area contributed by atoms with Crippen molar-refractivity contribution in [3.63, 3.8) is 0 Å². The van der Waals surface area contributed by atoms with Crippen LogP contribution in [-0.4, -0.2) is 10.7 Å². The van der Waals surface area contributed by atoms with Crippen LogP contribution in [0.2, 0.25) is 0 Å². The van der Waals surface area contributed by atoms with Crippen LogP contribution < -0.4 is 0 Å². The van der Waals surface area contributed by atoms with Gasteiger partial charge in [-0.1, -0.05) is 13.8 Å². The molecule has 0 rings (SSSR count). The third-order valence-corrected chi connectivity index (χ3v) is 1.79. The molecular weight excluding hydrogens is 182 g/mol. The highest BCUT2D eigenvalue weighted by Gasteiger charge is 2.11. The van der Waals surface area contributed by atoms with Crippen LogP contribution in [0.15, 0.2) is 11.8 Å². The minimum absolute atomic E-state index is 0.0118. The summed E-state index contributed by atoms with van der Waals surface area (Å²) in [5.74, 6) is 0.393. The molecule has 0 amide bonds. The Bertz CT molecular complexity index is 244. The van der Waals surface area contributed by atoms with Crippen LogP contribution >= 0.6 is 0 Å². The maximum atomic E-state index is 10.7. The molecule has 0 atom stereocenters. The third kappa shape index (κ3) is 6.34. The fourth-order valence-corrected chi connectivity index (χ4v) is 0.944. The van der Waals surface area contributed by atoms with E-state index in [4.69, 9.17) is 0 Å². The van der Waals surface area contributed by atoms with Gasteiger partial charge >= 0.3 is 0 Å². The van der Waals surface area contributed by atoms with Gasteiger partial charge in [0.1, 0.15) is 5.78 Å². The lowest BCUT2D eigenvalue weighted by atomic mass is 10.1. The van der Waals surface area contributed by atoms with Crippen LogP contribution in [0.5, 0.6) is 0 Å². The number of nitrogens with zero attached hydrogens (tertiary/aromatic N) is 1. The van der Waals surface area contributed by atoms with E-state index in [1.54, 1.807) is 6.08 Å². The number of Topliss-reactive ketones (excluding diaryl/α,β-unsaturated/α-hetero) is 1. The predicted octanol–water partition coefficient (Wildman–Crippen LogP) is 2.56. The van der Waals surface area contributed by atoms with Crippen molar-refractivity contribution in [2.45, 2.75) is 40.0 Å². The molecule has 0 aliphatic heterocycles. The molecule has 0 aromatic rings. The highest BCUT2D eigenvalue weighted by Crippen LogP contribution is 2.10. The van der Waals surface area contributed by atoms with Crippen LogP contribution in [0.1, 0.15) is 40.0 Å². The third-order valence-electron chi connectivity index (χ3n) is 1.79. The van der Waals surface area contributed by atoms with Crippen molar-refractivity contribution in [3.05, 3.63) is 21.9 Å². The number of carbonyl (C=O) groups excluding carboxylic acids is 1. The molecule has 0 aromatic carbocycles. The zero-order valence-electron chi connectivity index (χ0n) is 8.95. The van der Waals surface area contributed by atoms with Crippen LogP contribution in [0.4, 0.5) is 0 Å². The van der Waals surface area contributed by atoms with E-state index in [1.165, 1.54) is 6.92 Å². The summed E-state index contributed by atoms with van der Waals surface area (Å²) in [6.45, 7) is 5.44. The van der Waals surface area contributed by atoms with Gasteiger partial charge in [-0.05, 0) is 25.3 Å². The minimum Gasteiger partial charge on any atom is -0.300 e. The lowest BCUT2D eigenvalue weighted by Crippen LogP contribution is -2.02. The molecule has 0 aromatic heterocycles. The second-order valence-electron chi connectivity index (χ2n) is 3.78. The highest BCUT2D eigenvalue weighted by atomic mass is 16.6. The van der Waals surface area contributed by atoms with Gasteiger partial charge in [-0.2, -0.15) is 0 Å². The molecule has 0 bridgehead atoms. The van der Waals surface area contributed by atoms with Gasteiger partial charge in [-0.3, -0.25) is 10.1 Å². The van der Waals surface area contributed by atoms with Crippen LogP contribution in [0.3, 0.4) is 0 Å². The number of ketones is 1. The van der Waals surface area contributed by atoms with E-state index in [2.05, 4.69) is 0 Å². The molecule has 0 aliphatic rings. The number of hydrogen-bond donors (Lipinski definition) is 0. The highest BCUT2D eigenvalue weighted by molar-refractivity contribution is 5.75. The largest absolute Gasteiger partial charge is 0.300 e. The van der Waals surface area contributed by atoms with Crippen molar-refractivity contribution in [2.24, 2.45) is 5.92 Å². The molecule has 0 saturated heterocycles. The molecule has 80 valence electrons. The molecule has 0 spiro atoms. The van der Waals surface area contributed by atoms with Crippen LogP contribution in [0.25, 0.3) is 0 Å². The first-order valence-electron chi connectivity index (χ1n) is 4.76. The summed E-state index contributed by atoms with van der Waals surface area (Å²) in [5.41, 5.74) is 0.161. The van der Waals surface area contributed by atoms with E-state index < -0.39 is 4.92 Å². The van der Waals surface area contributed by atoms with Gasteiger partial charge in [0, 0.05) is 12.8 Å². The second kappa shape index (κ2) is 6.29. The zero-order valence-corrected chi connectivity index (χ0v) is 8.95. The number of carbonyl (C=O) groups is 1. The molecule has 0 unspecified atom stereocenters. The first kappa shape index (κ1) is 12.8. The molecule has 0 aliphatic carbocycles. The van der Waals surface area contributed by atoms with E-state index in [0.29, 0.717) is 12.3 Å². The average Bonchev–Trinajstić information content (AvgIpc) is 2.02. The molecule has 0 N–H and O–H groups in total. The van der Waals surface area contributed by atoms with Crippen molar-refractivity contribution in [1.82, 2.24) is 0 Å². The fourth-order valence-electron chi connectivity index (χ4n) is 0.944. The molecule has 0 fully saturated rings. The van der Waals surface area contributed by atoms with Gasteiger partial charge in [-0.25, -0.2) is 0 Å². The Balaban J connectivity index is 4.22. The number of allylic oxidation sites excluding steroid dienone is 2. The van der Waals surface area contributed by atoms with Gasteiger partial charge in [0.15, 0.2) is 0 Å². The van der Waals surface area contributed by atoms with E-state index in [9.17, 15) is 14.9 Å². The maximum Gasteiger partial charge on any atom is 0.242 e. The Kier molecular flexibility index (Phi) is 5.76. The van der Waals surface area contributed by atoms with Gasteiger partial charge < -0.3 is 4.79 Å². The van der Waals surface area contributed by atoms with Gasteiger partial charge in [-0.15, -0.1) is 0 Å². The maximum absolute atomic E-state index is 10.7. The lowest BCUT2D eigenvalue weighted by molar-refractivity contribution is -0.428. The zero-order chi connectivity index (χ0) is 11.1. The quantitative estimate of drug-likeness (QED) is 0.488. The van der Waals surface area contributed by atoms with Crippen molar-refractivity contribution in [3.8, 4) is 0 Å². The molecule has 0 saturated carbocycles. The summed E-state index contributed by atoms with van der Waals surface area (Å²) < 4.78 is 0. The normalized spacial score (nSPS) is 11.9. The Morgan fingerprint density at radius 1 is 1.43 bits per heavy atom. The second-order valence-corrected chi connectivity index (χ2v) is 3.78. The SMILES string of the molecule is CC(=O)CC/C(=C/CC(C)C)[N+](=O)[O-]. The average molecular weight is 199 g/mol. The van der Waals surface area contributed by atoms with E-state index >= 15 is 0 Å². The van der Waals surface area contributed by atoms with Crippen LogP contribution in [-0.2, 0) is 4.79 Å². The van der Waals surface area contributed by atoms with E-state index in [0.717, 1.165) is 0 Å². The summed E-state index contributed by atoms with van der Waals surface area (Å²) in [7, 11) is 0. The first-order chi connectivity index (χ1) is 6.43. The monoisotopic (exact) mass is 199 g/mol. The van der Waals surface area contributed by atoms with Crippen LogP contribution in [0, 0.1) is 16.0 Å². The number of rotatable bonds is 6. The Hall–Kier alpha value is -1.19. The van der Waals surface area contributed by atoms with E-state index in [-0.39, 0.29) is 24.3 Å². The van der Waals surface area contributed by atoms with Crippen molar-refractivity contribution in [2.75, 3.05) is 0 Å². The fraction of sp³-hybridized carbons (Fsp3) is 0.700. The number of nitro groups is 1. The summed E-state index contributed by atoms with van der Waals surface area (Å²) in [5, 5.41) is 10.6. The first-order valence-corrected chi connectivity index (χ1v) is 4.76. The number of hydrogen-bond acceptors (Lipinski definition) is 3. The lowest BCUT2D eigenvalue weighted by Gasteiger charge is -1.99. The van der Waals surface area contributed by atoms with Gasteiger partial charge in [0.25, 0.3) is 0 Å². The van der Waals surface area contributed by atoms with Gasteiger partial charge in [0.2, 0.25) is 5.70 Å².